The van der Waals surface area contributed by atoms with Gasteiger partial charge in [-0.2, -0.15) is 0 Å². The van der Waals surface area contributed by atoms with Crippen molar-refractivity contribution in [1.29, 1.82) is 0 Å². The first-order chi connectivity index (χ1) is 18.7. The van der Waals surface area contributed by atoms with E-state index in [1.807, 2.05) is 63.2 Å². The van der Waals surface area contributed by atoms with E-state index in [9.17, 15) is 13.2 Å². The molecule has 4 heterocycles. The Bertz CT molecular complexity index is 1650. The molecule has 2 spiro atoms. The van der Waals surface area contributed by atoms with Crippen LogP contribution in [0.15, 0.2) is 76.6 Å². The number of ether oxygens (including phenoxy) is 1. The number of anilines is 1. The minimum Gasteiger partial charge on any atom is -0.438 e. The Morgan fingerprint density at radius 2 is 1.62 bits per heavy atom. The third kappa shape index (κ3) is 3.06. The van der Waals surface area contributed by atoms with Crippen molar-refractivity contribution in [1.82, 2.24) is 4.31 Å². The maximum absolute atomic E-state index is 14.6. The van der Waals surface area contributed by atoms with Crippen molar-refractivity contribution >= 4 is 33.2 Å². The number of piperidine rings is 2. The molecule has 0 unspecified atom stereocenters. The fourth-order valence-electron chi connectivity index (χ4n) is 7.50. The maximum Gasteiger partial charge on any atom is 0.268 e. The second-order valence-corrected chi connectivity index (χ2v) is 13.1. The van der Waals surface area contributed by atoms with Gasteiger partial charge in [-0.05, 0) is 88.3 Å². The molecule has 3 aromatic carbocycles. The fourth-order valence-corrected chi connectivity index (χ4v) is 9.12. The van der Waals surface area contributed by atoms with Crippen molar-refractivity contribution in [3.8, 4) is 5.75 Å². The first-order valence-electron chi connectivity index (χ1n) is 13.6. The fraction of sp³-hybridized carbons (Fsp3) is 0.355. The lowest BCUT2D eigenvalue weighted by molar-refractivity contribution is -0.152. The second kappa shape index (κ2) is 8.18. The van der Waals surface area contributed by atoms with E-state index in [1.165, 1.54) is 4.31 Å². The third-order valence-electron chi connectivity index (χ3n) is 9.27. The number of sulfonamides is 1. The summed E-state index contributed by atoms with van der Waals surface area (Å²) in [6, 6.07) is 20.5. The number of benzene rings is 3. The molecule has 0 radical (unpaired) electrons. The van der Waals surface area contributed by atoms with Crippen LogP contribution in [0.5, 0.6) is 5.75 Å². The summed E-state index contributed by atoms with van der Waals surface area (Å²) < 4.78 is 36.1. The predicted molar refractivity (Wildman–Crippen MR) is 150 cm³/mol. The molecule has 5 aliphatic rings. The van der Waals surface area contributed by atoms with Gasteiger partial charge in [0.2, 0.25) is 11.8 Å². The molecule has 3 aromatic rings. The van der Waals surface area contributed by atoms with E-state index in [1.54, 1.807) is 24.3 Å². The summed E-state index contributed by atoms with van der Waals surface area (Å²) in [5.41, 5.74) is 2.85. The Morgan fingerprint density at radius 1 is 0.897 bits per heavy atom. The highest BCUT2D eigenvalue weighted by molar-refractivity contribution is 7.89. The standard InChI is InChI=1S/C31H31N3O4S/c1-20-12-14-23(15-13-20)39(36,37)34-26-16-19-30(29(34)35)17-7-18-31(30)28(32-27-21(2)8-6-9-22(27)3)38-25-11-5-4-10-24(25)33(26)31/h4-6,8-15,26H,7,16-19H2,1-3H3/t26-,30-,31+/m0/s1. The summed E-state index contributed by atoms with van der Waals surface area (Å²) in [7, 11) is -4.09. The highest BCUT2D eigenvalue weighted by atomic mass is 32.2. The van der Waals surface area contributed by atoms with Crippen molar-refractivity contribution < 1.29 is 17.9 Å². The summed E-state index contributed by atoms with van der Waals surface area (Å²) in [5, 5.41) is 0. The highest BCUT2D eigenvalue weighted by Crippen LogP contribution is 2.66. The molecule has 4 aliphatic heterocycles. The zero-order valence-corrected chi connectivity index (χ0v) is 23.2. The Balaban J connectivity index is 1.48. The molecule has 0 aromatic heterocycles. The first-order valence-corrected chi connectivity index (χ1v) is 15.0. The molecule has 3 saturated heterocycles. The summed E-state index contributed by atoms with van der Waals surface area (Å²) in [5.74, 6) is 0.801. The number of fused-ring (bicyclic) bond motifs is 3. The van der Waals surface area contributed by atoms with Gasteiger partial charge in [-0.15, -0.1) is 0 Å². The number of nitrogens with zero attached hydrogens (tertiary/aromatic N) is 3. The molecule has 200 valence electrons. The Hall–Kier alpha value is -3.65. The smallest absolute Gasteiger partial charge is 0.268 e. The molecule has 1 amide bonds. The molecule has 0 N–H and O–H groups in total. The van der Waals surface area contributed by atoms with Crippen LogP contribution in [0.25, 0.3) is 0 Å². The van der Waals surface area contributed by atoms with Crippen LogP contribution in [0, 0.1) is 26.2 Å². The number of rotatable bonds is 3. The first kappa shape index (κ1) is 24.4. The predicted octanol–water partition coefficient (Wildman–Crippen LogP) is 5.80. The second-order valence-electron chi connectivity index (χ2n) is 11.3. The Labute approximate surface area is 229 Å². The van der Waals surface area contributed by atoms with Crippen molar-refractivity contribution in [3.05, 3.63) is 83.4 Å². The van der Waals surface area contributed by atoms with Gasteiger partial charge in [-0.1, -0.05) is 48.0 Å². The molecule has 7 nitrogen and oxygen atoms in total. The van der Waals surface area contributed by atoms with Gasteiger partial charge in [0, 0.05) is 0 Å². The summed E-state index contributed by atoms with van der Waals surface area (Å²) >= 11 is 0. The quantitative estimate of drug-likeness (QED) is 0.419. The summed E-state index contributed by atoms with van der Waals surface area (Å²) in [6.45, 7) is 5.96. The van der Waals surface area contributed by atoms with E-state index in [0.717, 1.165) is 34.5 Å². The van der Waals surface area contributed by atoms with Crippen LogP contribution in [0.2, 0.25) is 0 Å². The molecule has 3 atom stereocenters. The lowest BCUT2D eigenvalue weighted by Gasteiger charge is -2.66. The summed E-state index contributed by atoms with van der Waals surface area (Å²) in [6.07, 6.45) is 2.54. The van der Waals surface area contributed by atoms with Crippen molar-refractivity contribution in [2.45, 2.75) is 69.5 Å². The number of aryl methyl sites for hydroxylation is 3. The number of para-hydroxylation sites is 3. The monoisotopic (exact) mass is 541 g/mol. The molecule has 39 heavy (non-hydrogen) atoms. The maximum atomic E-state index is 14.6. The minimum atomic E-state index is -4.09. The molecule has 4 fully saturated rings. The van der Waals surface area contributed by atoms with Crippen LogP contribution < -0.4 is 9.64 Å². The molecule has 8 rings (SSSR count). The van der Waals surface area contributed by atoms with Crippen LogP contribution in [-0.2, 0) is 14.8 Å². The van der Waals surface area contributed by atoms with E-state index in [0.29, 0.717) is 37.3 Å². The van der Waals surface area contributed by atoms with Gasteiger partial charge in [0.15, 0.2) is 5.75 Å². The van der Waals surface area contributed by atoms with Crippen LogP contribution in [0.1, 0.15) is 48.8 Å². The molecule has 1 saturated carbocycles. The Morgan fingerprint density at radius 3 is 2.36 bits per heavy atom. The molecule has 8 heteroatoms. The lowest BCUT2D eigenvalue weighted by Crippen LogP contribution is -2.82. The molecular weight excluding hydrogens is 510 g/mol. The highest BCUT2D eigenvalue weighted by Gasteiger charge is 2.76. The van der Waals surface area contributed by atoms with Crippen molar-refractivity contribution in [2.24, 2.45) is 10.4 Å². The van der Waals surface area contributed by atoms with E-state index in [-0.39, 0.29) is 10.8 Å². The molecular formula is C31H31N3O4S. The average Bonchev–Trinajstić information content (AvgIpc) is 3.32. The van der Waals surface area contributed by atoms with Gasteiger partial charge in [0.05, 0.1) is 21.7 Å². The normalized spacial score (nSPS) is 28.2. The molecule has 2 bridgehead atoms. The number of amides is 1. The van der Waals surface area contributed by atoms with Crippen molar-refractivity contribution in [3.63, 3.8) is 0 Å². The van der Waals surface area contributed by atoms with E-state index in [2.05, 4.69) is 4.90 Å². The zero-order chi connectivity index (χ0) is 27.2. The topological polar surface area (TPSA) is 79.3 Å². The van der Waals surface area contributed by atoms with Crippen molar-refractivity contribution in [2.75, 3.05) is 4.90 Å². The van der Waals surface area contributed by atoms with Gasteiger partial charge < -0.3 is 9.64 Å². The van der Waals surface area contributed by atoms with E-state index in [4.69, 9.17) is 9.73 Å². The summed E-state index contributed by atoms with van der Waals surface area (Å²) in [4.78, 5) is 22.1. The molecule has 1 aliphatic carbocycles. The van der Waals surface area contributed by atoms with E-state index < -0.39 is 27.1 Å². The number of hydrogen-bond acceptors (Lipinski definition) is 6. The number of carbonyl (C=O) groups excluding carboxylic acids is 1. The largest absolute Gasteiger partial charge is 0.438 e. The van der Waals surface area contributed by atoms with E-state index >= 15 is 0 Å². The SMILES string of the molecule is Cc1ccc(S(=O)(=O)N2C(=O)[C@@]34CCC[C@@]35C(=Nc3c(C)cccc3C)Oc3ccccc3N5[C@@H]2CC4)cc1. The van der Waals surface area contributed by atoms with Crippen LogP contribution in [-0.4, -0.2) is 36.2 Å². The van der Waals surface area contributed by atoms with Gasteiger partial charge >= 0.3 is 0 Å². The Kier molecular flexibility index (Phi) is 5.12. The number of aliphatic imine (C=N–C) groups is 1. The minimum absolute atomic E-state index is 0.139. The number of hydrogen-bond donors (Lipinski definition) is 0. The van der Waals surface area contributed by atoms with Gasteiger partial charge in [-0.25, -0.2) is 17.7 Å². The van der Waals surface area contributed by atoms with Crippen LogP contribution in [0.4, 0.5) is 11.4 Å². The zero-order valence-electron chi connectivity index (χ0n) is 22.3. The van der Waals surface area contributed by atoms with Gasteiger partial charge in [0.25, 0.3) is 10.0 Å². The van der Waals surface area contributed by atoms with Gasteiger partial charge in [-0.3, -0.25) is 4.79 Å². The van der Waals surface area contributed by atoms with Gasteiger partial charge in [0.1, 0.15) is 11.7 Å². The third-order valence-corrected chi connectivity index (χ3v) is 11.1. The average molecular weight is 542 g/mol. The van der Waals surface area contributed by atoms with Crippen LogP contribution in [0.3, 0.4) is 0 Å². The number of carbonyl (C=O) groups is 1. The van der Waals surface area contributed by atoms with Crippen LogP contribution >= 0.6 is 0 Å². The lowest BCUT2D eigenvalue weighted by atomic mass is 9.60.